The molecule has 1 aliphatic carbocycles. The molecule has 0 aromatic heterocycles. The van der Waals surface area contributed by atoms with Crippen molar-refractivity contribution in [3.8, 4) is 0 Å². The number of nitrogens with two attached hydrogens (primary N) is 1. The van der Waals surface area contributed by atoms with Crippen LogP contribution in [0.15, 0.2) is 0 Å². The molecule has 1 aliphatic rings. The fourth-order valence-electron chi connectivity index (χ4n) is 1.10. The summed E-state index contributed by atoms with van der Waals surface area (Å²) in [6.45, 7) is 0. The van der Waals surface area contributed by atoms with Crippen LogP contribution >= 0.6 is 0 Å². The molecule has 2 nitrogen and oxygen atoms in total. The molecule has 0 aromatic rings. The Hall–Kier alpha value is -0.670. The largest absolute Gasteiger partial charge is 0.369 e. The maximum atomic E-state index is 11.8. The molecule has 58 valence electrons. The van der Waals surface area contributed by atoms with Gasteiger partial charge in [-0.05, 0) is 12.8 Å². The third-order valence-electron chi connectivity index (χ3n) is 1.93. The molecule has 0 unspecified atom stereocenters. The topological polar surface area (TPSA) is 43.1 Å². The molecule has 0 spiro atoms. The molecular formula is C6H9F2NO. The highest BCUT2D eigenvalue weighted by atomic mass is 19.3. The van der Waals surface area contributed by atoms with E-state index in [9.17, 15) is 13.6 Å². The second-order valence-corrected chi connectivity index (χ2v) is 2.67. The molecular weight excluding hydrogens is 140 g/mol. The predicted molar refractivity (Wildman–Crippen MR) is 31.4 cm³/mol. The molecule has 0 radical (unpaired) electrons. The molecule has 0 aliphatic heterocycles. The number of rotatable bonds is 2. The van der Waals surface area contributed by atoms with Crippen LogP contribution in [0.4, 0.5) is 8.78 Å². The van der Waals surface area contributed by atoms with Crippen LogP contribution in [-0.4, -0.2) is 12.3 Å². The number of hydrogen-bond acceptors (Lipinski definition) is 1. The van der Waals surface area contributed by atoms with E-state index in [1.807, 2.05) is 0 Å². The van der Waals surface area contributed by atoms with E-state index in [4.69, 9.17) is 5.73 Å². The molecule has 0 saturated heterocycles. The summed E-state index contributed by atoms with van der Waals surface area (Å²) in [7, 11) is 0. The summed E-state index contributed by atoms with van der Waals surface area (Å²) in [5, 5.41) is 0. The first-order valence-electron chi connectivity index (χ1n) is 3.18. The Morgan fingerprint density at radius 3 is 2.30 bits per heavy atom. The zero-order chi connectivity index (χ0) is 7.72. The van der Waals surface area contributed by atoms with Gasteiger partial charge in [0.2, 0.25) is 12.3 Å². The summed E-state index contributed by atoms with van der Waals surface area (Å²) in [4.78, 5) is 10.3. The lowest BCUT2D eigenvalue weighted by Crippen LogP contribution is -2.37. The van der Waals surface area contributed by atoms with Crippen molar-refractivity contribution in [2.24, 2.45) is 17.6 Å². The first-order chi connectivity index (χ1) is 4.61. The van der Waals surface area contributed by atoms with E-state index >= 15 is 0 Å². The lowest BCUT2D eigenvalue weighted by atomic mass is 9.75. The summed E-state index contributed by atoms with van der Waals surface area (Å²) in [6, 6.07) is 0. The number of primary amides is 1. The van der Waals surface area contributed by atoms with E-state index in [-0.39, 0.29) is 18.8 Å². The van der Waals surface area contributed by atoms with Crippen LogP contribution in [0.2, 0.25) is 0 Å². The van der Waals surface area contributed by atoms with Crippen LogP contribution in [0.1, 0.15) is 12.8 Å². The van der Waals surface area contributed by atoms with Gasteiger partial charge in [0.1, 0.15) is 0 Å². The maximum Gasteiger partial charge on any atom is 0.241 e. The van der Waals surface area contributed by atoms with Crippen LogP contribution < -0.4 is 5.73 Å². The number of carbonyl (C=O) groups is 1. The molecule has 10 heavy (non-hydrogen) atoms. The Kier molecular flexibility index (Phi) is 1.87. The SMILES string of the molecule is NC(=O)C1CC(C(F)F)C1. The van der Waals surface area contributed by atoms with Gasteiger partial charge in [0.05, 0.1) is 0 Å². The molecule has 1 amide bonds. The number of amides is 1. The van der Waals surface area contributed by atoms with Crippen molar-refractivity contribution >= 4 is 5.91 Å². The Morgan fingerprint density at radius 1 is 1.50 bits per heavy atom. The molecule has 4 heteroatoms. The van der Waals surface area contributed by atoms with Crippen LogP contribution in [0.5, 0.6) is 0 Å². The zero-order valence-electron chi connectivity index (χ0n) is 5.39. The number of halogens is 2. The van der Waals surface area contributed by atoms with Crippen molar-refractivity contribution < 1.29 is 13.6 Å². The van der Waals surface area contributed by atoms with E-state index in [1.165, 1.54) is 0 Å². The van der Waals surface area contributed by atoms with Crippen molar-refractivity contribution in [2.75, 3.05) is 0 Å². The summed E-state index contributed by atoms with van der Waals surface area (Å²) in [5.41, 5.74) is 4.88. The fourth-order valence-corrected chi connectivity index (χ4v) is 1.10. The highest BCUT2D eigenvalue weighted by Gasteiger charge is 2.38. The molecule has 2 N–H and O–H groups in total. The molecule has 0 bridgehead atoms. The third-order valence-corrected chi connectivity index (χ3v) is 1.93. The van der Waals surface area contributed by atoms with Crippen LogP contribution in [0, 0.1) is 11.8 Å². The zero-order valence-corrected chi connectivity index (χ0v) is 5.39. The van der Waals surface area contributed by atoms with Gasteiger partial charge in [-0.25, -0.2) is 8.78 Å². The Morgan fingerprint density at radius 2 is 2.00 bits per heavy atom. The van der Waals surface area contributed by atoms with Gasteiger partial charge in [-0.15, -0.1) is 0 Å². The number of hydrogen-bond donors (Lipinski definition) is 1. The Bertz CT molecular complexity index is 143. The Balaban J connectivity index is 2.24. The number of carbonyl (C=O) groups excluding carboxylic acids is 1. The summed E-state index contributed by atoms with van der Waals surface area (Å²) in [6.07, 6.45) is -1.74. The van der Waals surface area contributed by atoms with Gasteiger partial charge in [0, 0.05) is 11.8 Å². The van der Waals surface area contributed by atoms with Gasteiger partial charge in [-0.3, -0.25) is 4.79 Å². The lowest BCUT2D eigenvalue weighted by Gasteiger charge is -2.31. The standard InChI is InChI=1S/C6H9F2NO/c7-5(8)3-1-4(2-3)6(9)10/h3-5H,1-2H2,(H2,9,10). The summed E-state index contributed by atoms with van der Waals surface area (Å²) < 4.78 is 23.5. The quantitative estimate of drug-likeness (QED) is 0.618. The van der Waals surface area contributed by atoms with E-state index < -0.39 is 18.3 Å². The van der Waals surface area contributed by atoms with Gasteiger partial charge in [0.25, 0.3) is 0 Å². The molecule has 1 fully saturated rings. The van der Waals surface area contributed by atoms with Crippen molar-refractivity contribution in [2.45, 2.75) is 19.3 Å². The third kappa shape index (κ3) is 1.25. The maximum absolute atomic E-state index is 11.8. The van der Waals surface area contributed by atoms with Gasteiger partial charge >= 0.3 is 0 Å². The smallest absolute Gasteiger partial charge is 0.241 e. The van der Waals surface area contributed by atoms with Crippen LogP contribution in [0.25, 0.3) is 0 Å². The first-order valence-corrected chi connectivity index (χ1v) is 3.18. The minimum atomic E-state index is -2.28. The molecule has 1 rings (SSSR count). The van der Waals surface area contributed by atoms with E-state index in [2.05, 4.69) is 0 Å². The fraction of sp³-hybridized carbons (Fsp3) is 0.833. The summed E-state index contributed by atoms with van der Waals surface area (Å²) >= 11 is 0. The molecule has 1 saturated carbocycles. The van der Waals surface area contributed by atoms with Crippen LogP contribution in [0.3, 0.4) is 0 Å². The van der Waals surface area contributed by atoms with Crippen molar-refractivity contribution in [3.05, 3.63) is 0 Å². The highest BCUT2D eigenvalue weighted by molar-refractivity contribution is 5.77. The molecule has 0 heterocycles. The lowest BCUT2D eigenvalue weighted by molar-refractivity contribution is -0.128. The minimum Gasteiger partial charge on any atom is -0.369 e. The molecule has 0 aromatic carbocycles. The Labute approximate surface area is 57.4 Å². The van der Waals surface area contributed by atoms with E-state index in [0.717, 1.165) is 0 Å². The van der Waals surface area contributed by atoms with E-state index in [0.29, 0.717) is 0 Å². The van der Waals surface area contributed by atoms with Crippen LogP contribution in [-0.2, 0) is 4.79 Å². The molecule has 0 atom stereocenters. The van der Waals surface area contributed by atoms with Gasteiger partial charge in [-0.1, -0.05) is 0 Å². The normalized spacial score (nSPS) is 31.9. The number of alkyl halides is 2. The first kappa shape index (κ1) is 7.44. The minimum absolute atomic E-state index is 0.271. The predicted octanol–water partition coefficient (Wildman–Crippen LogP) is 0.763. The second-order valence-electron chi connectivity index (χ2n) is 2.67. The van der Waals surface area contributed by atoms with Crippen molar-refractivity contribution in [3.63, 3.8) is 0 Å². The van der Waals surface area contributed by atoms with Gasteiger partial charge < -0.3 is 5.73 Å². The van der Waals surface area contributed by atoms with Gasteiger partial charge in [-0.2, -0.15) is 0 Å². The van der Waals surface area contributed by atoms with Gasteiger partial charge in [0.15, 0.2) is 0 Å². The monoisotopic (exact) mass is 149 g/mol. The second kappa shape index (κ2) is 2.52. The average Bonchev–Trinajstić information content (AvgIpc) is 1.56. The average molecular weight is 149 g/mol. The summed E-state index contributed by atoms with van der Waals surface area (Å²) in [5.74, 6) is -1.33. The van der Waals surface area contributed by atoms with Crippen molar-refractivity contribution in [1.29, 1.82) is 0 Å². The highest BCUT2D eigenvalue weighted by Crippen LogP contribution is 2.37. The van der Waals surface area contributed by atoms with Crippen molar-refractivity contribution in [1.82, 2.24) is 0 Å². The van der Waals surface area contributed by atoms with E-state index in [1.54, 1.807) is 0 Å².